The van der Waals surface area contributed by atoms with Crippen LogP contribution in [0.4, 0.5) is 0 Å². The van der Waals surface area contributed by atoms with Crippen LogP contribution >= 0.6 is 27.5 Å². The first-order chi connectivity index (χ1) is 9.11. The molecule has 1 amide bonds. The molecule has 1 aromatic rings. The first-order valence-corrected chi connectivity index (χ1v) is 7.63. The van der Waals surface area contributed by atoms with Crippen LogP contribution in [0.1, 0.15) is 29.6 Å². The van der Waals surface area contributed by atoms with Crippen molar-refractivity contribution in [2.24, 2.45) is 11.8 Å². The third-order valence-corrected chi connectivity index (χ3v) is 4.57. The van der Waals surface area contributed by atoms with Crippen LogP contribution in [0.3, 0.4) is 0 Å². The van der Waals surface area contributed by atoms with Crippen LogP contribution in [-0.4, -0.2) is 24.2 Å². The molecule has 2 unspecified atom stereocenters. The van der Waals surface area contributed by atoms with E-state index in [4.69, 9.17) is 11.6 Å². The Bertz CT molecular complexity index is 467. The van der Waals surface area contributed by atoms with Crippen LogP contribution in [0.25, 0.3) is 0 Å². The molecule has 1 fully saturated rings. The number of benzene rings is 1. The summed E-state index contributed by atoms with van der Waals surface area (Å²) in [5.74, 6) is 0.535. The van der Waals surface area contributed by atoms with E-state index in [-0.39, 0.29) is 12.5 Å². The first kappa shape index (κ1) is 14.8. The number of carbonyl (C=O) groups is 1. The van der Waals surface area contributed by atoms with Crippen molar-refractivity contribution in [1.29, 1.82) is 0 Å². The van der Waals surface area contributed by atoms with Gasteiger partial charge in [-0.1, -0.05) is 34.0 Å². The van der Waals surface area contributed by atoms with Gasteiger partial charge in [0.15, 0.2) is 0 Å². The van der Waals surface area contributed by atoms with Gasteiger partial charge in [0.05, 0.1) is 10.6 Å². The Morgan fingerprint density at radius 2 is 2.16 bits per heavy atom. The van der Waals surface area contributed by atoms with E-state index in [0.29, 0.717) is 29.0 Å². The standard InChI is InChI=1S/C14H17BrClNO2/c15-11-4-5-13(16)12(6-11)14(19)17-7-9-2-1-3-10(9)8-18/h4-6,9-10,18H,1-3,7-8H2,(H,17,19). The van der Waals surface area contributed by atoms with Gasteiger partial charge < -0.3 is 10.4 Å². The lowest BCUT2D eigenvalue weighted by Gasteiger charge is -2.18. The van der Waals surface area contributed by atoms with Crippen molar-refractivity contribution in [2.75, 3.05) is 13.2 Å². The SMILES string of the molecule is O=C(NCC1CCCC1CO)c1cc(Br)ccc1Cl. The molecule has 0 saturated heterocycles. The summed E-state index contributed by atoms with van der Waals surface area (Å²) in [6.45, 7) is 0.811. The average Bonchev–Trinajstić information content (AvgIpc) is 2.86. The largest absolute Gasteiger partial charge is 0.396 e. The molecule has 2 atom stereocenters. The van der Waals surface area contributed by atoms with E-state index in [2.05, 4.69) is 21.2 Å². The Hall–Kier alpha value is -0.580. The van der Waals surface area contributed by atoms with E-state index in [1.807, 2.05) is 0 Å². The van der Waals surface area contributed by atoms with Crippen molar-refractivity contribution in [3.63, 3.8) is 0 Å². The molecule has 2 N–H and O–H groups in total. The molecule has 5 heteroatoms. The lowest BCUT2D eigenvalue weighted by atomic mass is 9.97. The lowest BCUT2D eigenvalue weighted by molar-refractivity contribution is 0.0938. The van der Waals surface area contributed by atoms with Crippen molar-refractivity contribution in [3.8, 4) is 0 Å². The van der Waals surface area contributed by atoms with Crippen LogP contribution in [0.15, 0.2) is 22.7 Å². The highest BCUT2D eigenvalue weighted by Crippen LogP contribution is 2.30. The van der Waals surface area contributed by atoms with E-state index in [1.54, 1.807) is 18.2 Å². The summed E-state index contributed by atoms with van der Waals surface area (Å²) in [5.41, 5.74) is 0.481. The summed E-state index contributed by atoms with van der Waals surface area (Å²) in [6.07, 6.45) is 3.25. The summed E-state index contributed by atoms with van der Waals surface area (Å²) in [6, 6.07) is 5.22. The smallest absolute Gasteiger partial charge is 0.252 e. The summed E-state index contributed by atoms with van der Waals surface area (Å²) >= 11 is 9.35. The van der Waals surface area contributed by atoms with Crippen LogP contribution < -0.4 is 5.32 Å². The monoisotopic (exact) mass is 345 g/mol. The van der Waals surface area contributed by atoms with Crippen LogP contribution in [-0.2, 0) is 0 Å². The number of hydrogen-bond acceptors (Lipinski definition) is 2. The number of carbonyl (C=O) groups excluding carboxylic acids is 1. The lowest BCUT2D eigenvalue weighted by Crippen LogP contribution is -2.31. The Kier molecular flexibility index (Phi) is 5.25. The predicted octanol–water partition coefficient (Wildman–Crippen LogP) is 3.24. The predicted molar refractivity (Wildman–Crippen MR) is 79.4 cm³/mol. The molecule has 0 radical (unpaired) electrons. The van der Waals surface area contributed by atoms with Gasteiger partial charge in [0.25, 0.3) is 5.91 Å². The molecular formula is C14H17BrClNO2. The number of aliphatic hydroxyl groups is 1. The molecule has 0 bridgehead atoms. The highest BCUT2D eigenvalue weighted by Gasteiger charge is 2.27. The zero-order chi connectivity index (χ0) is 13.8. The minimum Gasteiger partial charge on any atom is -0.396 e. The van der Waals surface area contributed by atoms with Crippen molar-refractivity contribution >= 4 is 33.4 Å². The zero-order valence-corrected chi connectivity index (χ0v) is 12.9. The molecule has 1 aromatic carbocycles. The van der Waals surface area contributed by atoms with E-state index in [0.717, 1.165) is 23.7 Å². The van der Waals surface area contributed by atoms with Crippen LogP contribution in [0.5, 0.6) is 0 Å². The minimum absolute atomic E-state index is 0.158. The Balaban J connectivity index is 1.96. The highest BCUT2D eigenvalue weighted by atomic mass is 79.9. The van der Waals surface area contributed by atoms with Gasteiger partial charge in [-0.15, -0.1) is 0 Å². The highest BCUT2D eigenvalue weighted by molar-refractivity contribution is 9.10. The van der Waals surface area contributed by atoms with Gasteiger partial charge >= 0.3 is 0 Å². The summed E-state index contributed by atoms with van der Waals surface area (Å²) < 4.78 is 0.830. The summed E-state index contributed by atoms with van der Waals surface area (Å²) in [4.78, 5) is 12.1. The maximum absolute atomic E-state index is 12.1. The van der Waals surface area contributed by atoms with Gasteiger partial charge in [-0.05, 0) is 42.9 Å². The molecular weight excluding hydrogens is 330 g/mol. The second-order valence-electron chi connectivity index (χ2n) is 4.97. The van der Waals surface area contributed by atoms with E-state index in [9.17, 15) is 9.90 Å². The molecule has 3 nitrogen and oxygen atoms in total. The van der Waals surface area contributed by atoms with Gasteiger partial charge in [-0.25, -0.2) is 0 Å². The average molecular weight is 347 g/mol. The topological polar surface area (TPSA) is 49.3 Å². The zero-order valence-electron chi connectivity index (χ0n) is 10.5. The number of halogens is 2. The fourth-order valence-corrected chi connectivity index (χ4v) is 3.18. The van der Waals surface area contributed by atoms with Gasteiger partial charge in [0.2, 0.25) is 0 Å². The van der Waals surface area contributed by atoms with Crippen molar-refractivity contribution in [1.82, 2.24) is 5.32 Å². The molecule has 0 spiro atoms. The molecule has 1 aliphatic rings. The number of aliphatic hydroxyl groups excluding tert-OH is 1. The second-order valence-corrected chi connectivity index (χ2v) is 6.29. The molecule has 19 heavy (non-hydrogen) atoms. The van der Waals surface area contributed by atoms with Gasteiger partial charge in [-0.3, -0.25) is 4.79 Å². The second kappa shape index (κ2) is 6.73. The number of nitrogens with one attached hydrogen (secondary N) is 1. The van der Waals surface area contributed by atoms with Crippen LogP contribution in [0, 0.1) is 11.8 Å². The molecule has 2 rings (SSSR count). The maximum Gasteiger partial charge on any atom is 0.252 e. The van der Waals surface area contributed by atoms with E-state index in [1.165, 1.54) is 0 Å². The van der Waals surface area contributed by atoms with Gasteiger partial charge in [0.1, 0.15) is 0 Å². The molecule has 0 heterocycles. The summed E-state index contributed by atoms with van der Waals surface area (Å²) in [7, 11) is 0. The molecule has 0 aliphatic heterocycles. The maximum atomic E-state index is 12.1. The Morgan fingerprint density at radius 3 is 2.89 bits per heavy atom. The molecule has 104 valence electrons. The molecule has 0 aromatic heterocycles. The fraction of sp³-hybridized carbons (Fsp3) is 0.500. The van der Waals surface area contributed by atoms with Gasteiger partial charge in [0, 0.05) is 17.6 Å². The Labute approximate surface area is 126 Å². The van der Waals surface area contributed by atoms with Crippen molar-refractivity contribution in [3.05, 3.63) is 33.3 Å². The van der Waals surface area contributed by atoms with E-state index >= 15 is 0 Å². The van der Waals surface area contributed by atoms with Crippen LogP contribution in [0.2, 0.25) is 5.02 Å². The van der Waals surface area contributed by atoms with Gasteiger partial charge in [-0.2, -0.15) is 0 Å². The van der Waals surface area contributed by atoms with E-state index < -0.39 is 0 Å². The quantitative estimate of drug-likeness (QED) is 0.879. The summed E-state index contributed by atoms with van der Waals surface area (Å²) in [5, 5.41) is 12.6. The van der Waals surface area contributed by atoms with Crippen molar-refractivity contribution in [2.45, 2.75) is 19.3 Å². The minimum atomic E-state index is -0.158. The molecule has 1 saturated carbocycles. The number of amides is 1. The third-order valence-electron chi connectivity index (χ3n) is 3.75. The first-order valence-electron chi connectivity index (χ1n) is 6.46. The molecule has 1 aliphatic carbocycles. The number of hydrogen-bond donors (Lipinski definition) is 2. The normalized spacial score (nSPS) is 22.5. The van der Waals surface area contributed by atoms with Crippen molar-refractivity contribution < 1.29 is 9.90 Å². The third kappa shape index (κ3) is 3.71. The fourth-order valence-electron chi connectivity index (χ4n) is 2.61. The number of rotatable bonds is 4. The Morgan fingerprint density at radius 1 is 1.42 bits per heavy atom.